The van der Waals surface area contributed by atoms with Crippen LogP contribution in [0.1, 0.15) is 56.3 Å². The van der Waals surface area contributed by atoms with E-state index in [1.807, 2.05) is 26.0 Å². The van der Waals surface area contributed by atoms with Gasteiger partial charge in [0.1, 0.15) is 6.04 Å². The third-order valence-corrected chi connectivity index (χ3v) is 5.37. The minimum absolute atomic E-state index is 0.0196. The number of pyridine rings is 1. The first kappa shape index (κ1) is 17.8. The Bertz CT molecular complexity index is 761. The van der Waals surface area contributed by atoms with Crippen molar-refractivity contribution >= 4 is 5.71 Å². The Labute approximate surface area is 148 Å². The van der Waals surface area contributed by atoms with Gasteiger partial charge in [-0.2, -0.15) is 0 Å². The van der Waals surface area contributed by atoms with Crippen molar-refractivity contribution in [2.24, 2.45) is 11.1 Å². The quantitative estimate of drug-likeness (QED) is 0.522. The second-order valence-electron chi connectivity index (χ2n) is 6.99. The number of hydrogen-bond donors (Lipinski definition) is 1. The van der Waals surface area contributed by atoms with Crippen molar-refractivity contribution in [3.05, 3.63) is 33.7 Å². The number of aromatic nitrogens is 1. The first-order valence-corrected chi connectivity index (χ1v) is 9.09. The Morgan fingerprint density at radius 3 is 2.72 bits per heavy atom. The summed E-state index contributed by atoms with van der Waals surface area (Å²) in [5.74, 6) is 6.74. The Kier molecular flexibility index (Phi) is 5.60. The number of aryl methyl sites for hydroxylation is 2. The molecule has 3 rings (SSSR count). The van der Waals surface area contributed by atoms with Crippen molar-refractivity contribution in [2.45, 2.75) is 64.5 Å². The standard InChI is InChI=1S/C20H26N2O3/c1-3-4-15-6-10-17(11-7-15)25-13-19-18(21-24)12-9-16-8-5-14(2)20(23)22(16)19/h5,8,15,17,19,24H,6-7,9-13H2,1-2H3/t15-,17+,19?. The van der Waals surface area contributed by atoms with Gasteiger partial charge in [-0.25, -0.2) is 0 Å². The third-order valence-electron chi connectivity index (χ3n) is 5.37. The fourth-order valence-corrected chi connectivity index (χ4v) is 3.90. The molecule has 0 aromatic carbocycles. The Balaban J connectivity index is 1.72. The average molecular weight is 342 g/mol. The maximum atomic E-state index is 12.6. The fraction of sp³-hybridized carbons (Fsp3) is 0.600. The Morgan fingerprint density at radius 1 is 1.28 bits per heavy atom. The molecule has 0 saturated heterocycles. The molecular weight excluding hydrogens is 316 g/mol. The SMILES string of the molecule is CC#C[C@H]1CC[C@@H](OCC2C(=NO)CCc3ccc(C)c(=O)n32)CC1. The van der Waals surface area contributed by atoms with Crippen LogP contribution in [0.15, 0.2) is 22.1 Å². The van der Waals surface area contributed by atoms with E-state index in [1.165, 1.54) is 0 Å². The van der Waals surface area contributed by atoms with E-state index in [2.05, 4.69) is 17.0 Å². The maximum absolute atomic E-state index is 12.6. The molecule has 25 heavy (non-hydrogen) atoms. The molecule has 0 amide bonds. The molecule has 5 nitrogen and oxygen atoms in total. The normalized spacial score (nSPS) is 27.4. The van der Waals surface area contributed by atoms with E-state index in [0.29, 0.717) is 36.6 Å². The minimum atomic E-state index is -0.311. The van der Waals surface area contributed by atoms with Gasteiger partial charge in [0.15, 0.2) is 0 Å². The van der Waals surface area contributed by atoms with Crippen LogP contribution in [0.3, 0.4) is 0 Å². The lowest BCUT2D eigenvalue weighted by Crippen LogP contribution is -2.40. The molecular formula is C20H26N2O3. The molecule has 2 heterocycles. The zero-order valence-corrected chi connectivity index (χ0v) is 15.0. The number of hydrogen-bond acceptors (Lipinski definition) is 4. The summed E-state index contributed by atoms with van der Waals surface area (Å²) >= 11 is 0. The molecule has 0 radical (unpaired) electrons. The predicted octanol–water partition coefficient (Wildman–Crippen LogP) is 3.07. The third kappa shape index (κ3) is 3.80. The van der Waals surface area contributed by atoms with Crippen molar-refractivity contribution in [1.82, 2.24) is 4.57 Å². The van der Waals surface area contributed by atoms with Crippen LogP contribution in [0.2, 0.25) is 0 Å². The van der Waals surface area contributed by atoms with Crippen molar-refractivity contribution in [3.8, 4) is 11.8 Å². The summed E-state index contributed by atoms with van der Waals surface area (Å²) in [6.07, 6.45) is 5.68. The van der Waals surface area contributed by atoms with Gasteiger partial charge in [-0.3, -0.25) is 4.79 Å². The van der Waals surface area contributed by atoms with E-state index in [4.69, 9.17) is 4.74 Å². The lowest BCUT2D eigenvalue weighted by atomic mass is 9.88. The van der Waals surface area contributed by atoms with Crippen LogP contribution in [-0.2, 0) is 11.2 Å². The highest BCUT2D eigenvalue weighted by molar-refractivity contribution is 5.89. The highest BCUT2D eigenvalue weighted by atomic mass is 16.5. The molecule has 0 bridgehead atoms. The number of fused-ring (bicyclic) bond motifs is 1. The molecule has 1 aromatic heterocycles. The van der Waals surface area contributed by atoms with Crippen LogP contribution >= 0.6 is 0 Å². The first-order valence-electron chi connectivity index (χ1n) is 9.09. The summed E-state index contributed by atoms with van der Waals surface area (Å²) in [5, 5.41) is 12.8. The molecule has 1 aliphatic heterocycles. The fourth-order valence-electron chi connectivity index (χ4n) is 3.90. The van der Waals surface area contributed by atoms with Gasteiger partial charge in [-0.05, 0) is 58.4 Å². The summed E-state index contributed by atoms with van der Waals surface area (Å²) in [4.78, 5) is 12.6. The van der Waals surface area contributed by atoms with Gasteiger partial charge in [0.2, 0.25) is 0 Å². The van der Waals surface area contributed by atoms with Crippen molar-refractivity contribution in [1.29, 1.82) is 0 Å². The first-order chi connectivity index (χ1) is 12.1. The maximum Gasteiger partial charge on any atom is 0.254 e. The van der Waals surface area contributed by atoms with Crippen molar-refractivity contribution < 1.29 is 9.94 Å². The van der Waals surface area contributed by atoms with Gasteiger partial charge in [-0.15, -0.1) is 11.8 Å². The summed E-state index contributed by atoms with van der Waals surface area (Å²) in [5.41, 5.74) is 2.30. The molecule has 5 heteroatoms. The van der Waals surface area contributed by atoms with E-state index in [9.17, 15) is 10.0 Å². The molecule has 2 aliphatic rings. The van der Waals surface area contributed by atoms with Crippen molar-refractivity contribution in [3.63, 3.8) is 0 Å². The topological polar surface area (TPSA) is 63.8 Å². The van der Waals surface area contributed by atoms with Crippen LogP contribution < -0.4 is 5.56 Å². The molecule has 0 spiro atoms. The van der Waals surface area contributed by atoms with E-state index < -0.39 is 0 Å². The van der Waals surface area contributed by atoms with Gasteiger partial charge in [-0.1, -0.05) is 11.2 Å². The van der Waals surface area contributed by atoms with E-state index in [-0.39, 0.29) is 17.7 Å². The van der Waals surface area contributed by atoms with Gasteiger partial charge < -0.3 is 14.5 Å². The second kappa shape index (κ2) is 7.88. The number of rotatable bonds is 3. The van der Waals surface area contributed by atoms with E-state index >= 15 is 0 Å². The smallest absolute Gasteiger partial charge is 0.254 e. The zero-order valence-electron chi connectivity index (χ0n) is 15.0. The predicted molar refractivity (Wildman–Crippen MR) is 97.2 cm³/mol. The highest BCUT2D eigenvalue weighted by Crippen LogP contribution is 2.28. The van der Waals surface area contributed by atoms with Gasteiger partial charge in [0, 0.05) is 17.2 Å². The zero-order chi connectivity index (χ0) is 17.8. The number of ether oxygens (including phenoxy) is 1. The monoisotopic (exact) mass is 342 g/mol. The molecule has 1 saturated carbocycles. The summed E-state index contributed by atoms with van der Waals surface area (Å²) in [7, 11) is 0. The van der Waals surface area contributed by atoms with Crippen LogP contribution in [-0.4, -0.2) is 28.2 Å². The average Bonchev–Trinajstić information content (AvgIpc) is 2.64. The summed E-state index contributed by atoms with van der Waals surface area (Å²) in [6.45, 7) is 4.08. The minimum Gasteiger partial charge on any atom is -0.411 e. The van der Waals surface area contributed by atoms with E-state index in [0.717, 1.165) is 31.4 Å². The molecule has 1 atom stereocenters. The second-order valence-corrected chi connectivity index (χ2v) is 6.99. The van der Waals surface area contributed by atoms with Crippen LogP contribution in [0.4, 0.5) is 0 Å². The van der Waals surface area contributed by atoms with Crippen LogP contribution in [0.5, 0.6) is 0 Å². The van der Waals surface area contributed by atoms with Crippen molar-refractivity contribution in [2.75, 3.05) is 6.61 Å². The molecule has 1 aromatic rings. The molecule has 134 valence electrons. The molecule has 1 unspecified atom stereocenters. The van der Waals surface area contributed by atoms with Crippen LogP contribution in [0, 0.1) is 24.7 Å². The van der Waals surface area contributed by atoms with Crippen LogP contribution in [0.25, 0.3) is 0 Å². The number of oxime groups is 1. The number of nitrogens with zero attached hydrogens (tertiary/aromatic N) is 2. The summed E-state index contributed by atoms with van der Waals surface area (Å²) in [6, 6.07) is 3.55. The largest absolute Gasteiger partial charge is 0.411 e. The molecule has 1 aliphatic carbocycles. The van der Waals surface area contributed by atoms with E-state index in [1.54, 1.807) is 4.57 Å². The lowest BCUT2D eigenvalue weighted by molar-refractivity contribution is 0.0129. The molecule has 1 N–H and O–H groups in total. The lowest BCUT2D eigenvalue weighted by Gasteiger charge is -2.32. The van der Waals surface area contributed by atoms with Gasteiger partial charge in [0.05, 0.1) is 18.4 Å². The Morgan fingerprint density at radius 2 is 2.04 bits per heavy atom. The highest BCUT2D eigenvalue weighted by Gasteiger charge is 2.29. The molecule has 1 fully saturated rings. The Hall–Kier alpha value is -2.06. The summed E-state index contributed by atoms with van der Waals surface area (Å²) < 4.78 is 7.88. The van der Waals surface area contributed by atoms with Gasteiger partial charge >= 0.3 is 0 Å². The van der Waals surface area contributed by atoms with Gasteiger partial charge in [0.25, 0.3) is 5.56 Å².